The molecule has 0 radical (unpaired) electrons. The van der Waals surface area contributed by atoms with Gasteiger partial charge in [0.25, 0.3) is 11.6 Å². The Balaban J connectivity index is 1.52. The third-order valence-electron chi connectivity index (χ3n) is 4.34. The number of nitro groups is 1. The zero-order valence-electron chi connectivity index (χ0n) is 16.7. The Labute approximate surface area is 193 Å². The van der Waals surface area contributed by atoms with Crippen molar-refractivity contribution in [3.63, 3.8) is 0 Å². The number of nitrogens with zero attached hydrogens (tertiary/aromatic N) is 2. The van der Waals surface area contributed by atoms with E-state index in [-0.39, 0.29) is 22.2 Å². The minimum atomic E-state index is -4.20. The van der Waals surface area contributed by atoms with E-state index in [1.807, 2.05) is 30.3 Å². The number of hydrogen-bond acceptors (Lipinski definition) is 8. The Morgan fingerprint density at radius 2 is 1.73 bits per heavy atom. The molecule has 166 valence electrons. The molecule has 11 heteroatoms. The van der Waals surface area contributed by atoms with Gasteiger partial charge in [0.2, 0.25) is 0 Å². The van der Waals surface area contributed by atoms with Gasteiger partial charge in [0.05, 0.1) is 15.5 Å². The van der Waals surface area contributed by atoms with Gasteiger partial charge in [0.15, 0.2) is 5.17 Å². The van der Waals surface area contributed by atoms with Gasteiger partial charge in [0.1, 0.15) is 10.6 Å². The van der Waals surface area contributed by atoms with Gasteiger partial charge in [-0.05, 0) is 59.8 Å². The van der Waals surface area contributed by atoms with E-state index in [0.29, 0.717) is 21.3 Å². The molecule has 33 heavy (non-hydrogen) atoms. The number of amidine groups is 1. The molecule has 0 spiro atoms. The summed E-state index contributed by atoms with van der Waals surface area (Å²) in [6, 6.07) is 19.8. The highest BCUT2D eigenvalue weighted by atomic mass is 32.2. The number of hydrogen-bond donors (Lipinski definition) is 1. The van der Waals surface area contributed by atoms with Crippen LogP contribution in [-0.4, -0.2) is 24.4 Å². The van der Waals surface area contributed by atoms with Crippen LogP contribution in [-0.2, 0) is 14.9 Å². The Kier molecular flexibility index (Phi) is 6.24. The molecule has 1 N–H and O–H groups in total. The Morgan fingerprint density at radius 1 is 1.00 bits per heavy atom. The summed E-state index contributed by atoms with van der Waals surface area (Å²) in [6.45, 7) is 0. The predicted octanol–water partition coefficient (Wildman–Crippen LogP) is 4.25. The maximum Gasteiger partial charge on any atom is 0.339 e. The topological polar surface area (TPSA) is 128 Å². The van der Waals surface area contributed by atoms with Crippen LogP contribution < -0.4 is 9.50 Å². The second-order valence-electron chi connectivity index (χ2n) is 6.68. The number of non-ortho nitro benzene ring substituents is 1. The first kappa shape index (κ1) is 22.2. The Morgan fingerprint density at radius 3 is 2.42 bits per heavy atom. The fraction of sp³-hybridized carbons (Fsp3) is 0. The zero-order chi connectivity index (χ0) is 23.4. The van der Waals surface area contributed by atoms with Crippen molar-refractivity contribution in [1.82, 2.24) is 5.32 Å². The SMILES string of the molecule is O=C1NC(=Nc2ccccc2)S/C1=C\c1cccc(OS(=O)(=O)c2ccc([N+](=O)[O-])cc2)c1. The molecule has 1 fully saturated rings. The zero-order valence-corrected chi connectivity index (χ0v) is 18.4. The number of para-hydroxylation sites is 1. The molecule has 0 atom stereocenters. The van der Waals surface area contributed by atoms with Crippen LogP contribution in [0.5, 0.6) is 5.75 Å². The molecule has 4 rings (SSSR count). The number of nitrogens with one attached hydrogen (secondary N) is 1. The molecular weight excluding hydrogens is 466 g/mol. The molecule has 0 saturated carbocycles. The van der Waals surface area contributed by atoms with Crippen molar-refractivity contribution < 1.29 is 22.3 Å². The fourth-order valence-corrected chi connectivity index (χ4v) is 4.58. The molecule has 0 aromatic heterocycles. The molecule has 1 saturated heterocycles. The Hall–Kier alpha value is -3.96. The minimum Gasteiger partial charge on any atom is -0.379 e. The lowest BCUT2D eigenvalue weighted by molar-refractivity contribution is -0.384. The second-order valence-corrected chi connectivity index (χ2v) is 9.26. The molecule has 0 bridgehead atoms. The van der Waals surface area contributed by atoms with E-state index < -0.39 is 15.0 Å². The summed E-state index contributed by atoms with van der Waals surface area (Å²) in [4.78, 5) is 27.0. The maximum absolute atomic E-state index is 12.5. The summed E-state index contributed by atoms with van der Waals surface area (Å²) >= 11 is 1.16. The van der Waals surface area contributed by atoms with E-state index in [1.165, 1.54) is 12.1 Å². The third kappa shape index (κ3) is 5.45. The van der Waals surface area contributed by atoms with Crippen LogP contribution >= 0.6 is 11.8 Å². The van der Waals surface area contributed by atoms with Crippen LogP contribution in [0.15, 0.2) is 93.7 Å². The van der Waals surface area contributed by atoms with E-state index in [0.717, 1.165) is 36.0 Å². The summed E-state index contributed by atoms with van der Waals surface area (Å²) in [7, 11) is -4.20. The van der Waals surface area contributed by atoms with Gasteiger partial charge >= 0.3 is 10.1 Å². The number of carbonyl (C=O) groups excluding carboxylic acids is 1. The highest BCUT2D eigenvalue weighted by Crippen LogP contribution is 2.29. The van der Waals surface area contributed by atoms with Gasteiger partial charge in [-0.1, -0.05) is 30.3 Å². The lowest BCUT2D eigenvalue weighted by atomic mass is 10.2. The summed E-state index contributed by atoms with van der Waals surface area (Å²) < 4.78 is 30.2. The monoisotopic (exact) mass is 481 g/mol. The van der Waals surface area contributed by atoms with E-state index >= 15 is 0 Å². The molecule has 1 aliphatic heterocycles. The standard InChI is InChI=1S/C22H15N3O6S2/c26-21-20(32-22(24-21)23-16-6-2-1-3-7-16)14-15-5-4-8-18(13-15)31-33(29,30)19-11-9-17(10-12-19)25(27)28/h1-14H,(H,23,24,26)/b20-14-. The van der Waals surface area contributed by atoms with Crippen LogP contribution in [0.4, 0.5) is 11.4 Å². The minimum absolute atomic E-state index is 0.0317. The van der Waals surface area contributed by atoms with E-state index in [4.69, 9.17) is 4.18 Å². The van der Waals surface area contributed by atoms with Crippen molar-refractivity contribution in [2.45, 2.75) is 4.90 Å². The number of aliphatic imine (C=N–C) groups is 1. The molecule has 1 aliphatic rings. The number of thioether (sulfide) groups is 1. The van der Waals surface area contributed by atoms with Crippen LogP contribution in [0.25, 0.3) is 6.08 Å². The van der Waals surface area contributed by atoms with Crippen molar-refractivity contribution in [1.29, 1.82) is 0 Å². The van der Waals surface area contributed by atoms with E-state index in [1.54, 1.807) is 18.2 Å². The van der Waals surface area contributed by atoms with Gasteiger partial charge in [-0.15, -0.1) is 0 Å². The quantitative estimate of drug-likeness (QED) is 0.241. The van der Waals surface area contributed by atoms with Crippen LogP contribution in [0, 0.1) is 10.1 Å². The van der Waals surface area contributed by atoms with E-state index in [9.17, 15) is 23.3 Å². The predicted molar refractivity (Wildman–Crippen MR) is 125 cm³/mol. The van der Waals surface area contributed by atoms with Gasteiger partial charge < -0.3 is 9.50 Å². The molecule has 0 aliphatic carbocycles. The number of nitro benzene ring substituents is 1. The van der Waals surface area contributed by atoms with Crippen molar-refractivity contribution >= 4 is 50.4 Å². The molecule has 9 nitrogen and oxygen atoms in total. The highest BCUT2D eigenvalue weighted by molar-refractivity contribution is 8.18. The first-order chi connectivity index (χ1) is 15.8. The van der Waals surface area contributed by atoms with Crippen molar-refractivity contribution in [3.8, 4) is 5.75 Å². The molecule has 0 unspecified atom stereocenters. The van der Waals surface area contributed by atoms with Crippen molar-refractivity contribution in [2.75, 3.05) is 0 Å². The fourth-order valence-electron chi connectivity index (χ4n) is 2.82. The average molecular weight is 482 g/mol. The number of rotatable bonds is 6. The van der Waals surface area contributed by atoms with E-state index in [2.05, 4.69) is 10.3 Å². The van der Waals surface area contributed by atoms with Crippen LogP contribution in [0.1, 0.15) is 5.56 Å². The summed E-state index contributed by atoms with van der Waals surface area (Å²) in [5.74, 6) is -0.288. The first-order valence-corrected chi connectivity index (χ1v) is 11.7. The normalized spacial score (nSPS) is 16.1. The molecular formula is C22H15N3O6S2. The molecule has 1 amide bonds. The van der Waals surface area contributed by atoms with Gasteiger partial charge in [-0.2, -0.15) is 8.42 Å². The van der Waals surface area contributed by atoms with Crippen LogP contribution in [0.2, 0.25) is 0 Å². The average Bonchev–Trinajstić information content (AvgIpc) is 3.12. The Bertz CT molecular complexity index is 1390. The van der Waals surface area contributed by atoms with Gasteiger partial charge in [-0.3, -0.25) is 14.9 Å². The van der Waals surface area contributed by atoms with Gasteiger partial charge in [0, 0.05) is 12.1 Å². The highest BCUT2D eigenvalue weighted by Gasteiger charge is 2.24. The van der Waals surface area contributed by atoms with Crippen LogP contribution in [0.3, 0.4) is 0 Å². The number of carbonyl (C=O) groups is 1. The van der Waals surface area contributed by atoms with Crippen molar-refractivity contribution in [3.05, 3.63) is 99.4 Å². The van der Waals surface area contributed by atoms with Gasteiger partial charge in [-0.25, -0.2) is 4.99 Å². The molecule has 3 aromatic rings. The first-order valence-electron chi connectivity index (χ1n) is 9.44. The van der Waals surface area contributed by atoms with Crippen molar-refractivity contribution in [2.24, 2.45) is 4.99 Å². The number of benzene rings is 3. The lowest BCUT2D eigenvalue weighted by Gasteiger charge is -2.07. The number of amides is 1. The summed E-state index contributed by atoms with van der Waals surface area (Å²) in [6.07, 6.45) is 1.60. The largest absolute Gasteiger partial charge is 0.379 e. The smallest absolute Gasteiger partial charge is 0.339 e. The third-order valence-corrected chi connectivity index (χ3v) is 6.51. The molecule has 1 heterocycles. The molecule has 3 aromatic carbocycles. The lowest BCUT2D eigenvalue weighted by Crippen LogP contribution is -2.19. The summed E-state index contributed by atoms with van der Waals surface area (Å²) in [5, 5.41) is 13.9. The second kappa shape index (κ2) is 9.27. The summed E-state index contributed by atoms with van der Waals surface area (Å²) in [5.41, 5.74) is 1.02. The maximum atomic E-state index is 12.5.